The van der Waals surface area contributed by atoms with Crippen molar-refractivity contribution < 1.29 is 5.11 Å². The van der Waals surface area contributed by atoms with Crippen molar-refractivity contribution in [2.45, 2.75) is 51.9 Å². The highest BCUT2D eigenvalue weighted by Crippen LogP contribution is 2.30. The Morgan fingerprint density at radius 2 is 1.67 bits per heavy atom. The summed E-state index contributed by atoms with van der Waals surface area (Å²) in [6.45, 7) is 2.42. The van der Waals surface area contributed by atoms with Gasteiger partial charge in [-0.1, -0.05) is 57.8 Å². The molecule has 0 aromatic carbocycles. The van der Waals surface area contributed by atoms with Gasteiger partial charge in [0.05, 0.1) is 0 Å². The van der Waals surface area contributed by atoms with Crippen LogP contribution in [0.2, 0.25) is 0 Å². The average Bonchev–Trinajstić information content (AvgIpc) is 2.15. The van der Waals surface area contributed by atoms with E-state index in [1.165, 1.54) is 44.9 Å². The van der Waals surface area contributed by atoms with E-state index in [-0.39, 0.29) is 6.61 Å². The van der Waals surface area contributed by atoms with Gasteiger partial charge in [-0.05, 0) is 5.92 Å². The second kappa shape index (κ2) is 5.58. The molecule has 0 bridgehead atoms. The van der Waals surface area contributed by atoms with E-state index >= 15 is 0 Å². The summed E-state index contributed by atoms with van der Waals surface area (Å²) in [6.07, 6.45) is 9.17. The third kappa shape index (κ3) is 3.14. The number of rotatable bonds is 4. The quantitative estimate of drug-likeness (QED) is 0.633. The minimum Gasteiger partial charge on any atom is -0.854 e. The van der Waals surface area contributed by atoms with Crippen LogP contribution in [0.3, 0.4) is 0 Å². The van der Waals surface area contributed by atoms with Crippen LogP contribution in [0.4, 0.5) is 0 Å². The highest BCUT2D eigenvalue weighted by atomic mass is 16.3. The summed E-state index contributed by atoms with van der Waals surface area (Å²) in [4.78, 5) is 0. The Kier molecular flexibility index (Phi) is 4.67. The monoisotopic (exact) mass is 169 g/mol. The van der Waals surface area contributed by atoms with Gasteiger partial charge in [0.15, 0.2) is 0 Å². The van der Waals surface area contributed by atoms with Gasteiger partial charge in [-0.15, -0.1) is 6.61 Å². The normalized spacial score (nSPS) is 30.5. The van der Waals surface area contributed by atoms with E-state index in [1.807, 2.05) is 0 Å². The Morgan fingerprint density at radius 3 is 2.17 bits per heavy atom. The number of hydrogen-bond acceptors (Lipinski definition) is 1. The summed E-state index contributed by atoms with van der Waals surface area (Å²) >= 11 is 0. The van der Waals surface area contributed by atoms with Crippen LogP contribution in [0.5, 0.6) is 0 Å². The molecule has 0 radical (unpaired) electrons. The molecule has 1 saturated carbocycles. The highest BCUT2D eigenvalue weighted by molar-refractivity contribution is 4.71. The van der Waals surface area contributed by atoms with E-state index in [4.69, 9.17) is 0 Å². The third-order valence-corrected chi connectivity index (χ3v) is 3.17. The Hall–Kier alpha value is -0.0400. The standard InChI is InChI=1S/C11H21O/c1-2-3-4-10-5-7-11(9-12)8-6-10/h10-11H,2-9H2,1H3/q-1. The van der Waals surface area contributed by atoms with Crippen LogP contribution in [0.1, 0.15) is 51.9 Å². The zero-order valence-corrected chi connectivity index (χ0v) is 8.22. The third-order valence-electron chi connectivity index (χ3n) is 3.17. The SMILES string of the molecule is CCCCC1CCC(C[O-])CC1. The zero-order chi connectivity index (χ0) is 8.81. The lowest BCUT2D eigenvalue weighted by Crippen LogP contribution is -2.23. The molecule has 0 aromatic heterocycles. The minimum absolute atomic E-state index is 0.167. The Labute approximate surface area is 76.2 Å². The van der Waals surface area contributed by atoms with Crippen molar-refractivity contribution in [2.24, 2.45) is 11.8 Å². The maximum Gasteiger partial charge on any atom is -0.0414 e. The molecule has 1 heteroatoms. The van der Waals surface area contributed by atoms with Gasteiger partial charge in [-0.2, -0.15) is 0 Å². The fraction of sp³-hybridized carbons (Fsp3) is 1.00. The van der Waals surface area contributed by atoms with Gasteiger partial charge < -0.3 is 5.11 Å². The van der Waals surface area contributed by atoms with Gasteiger partial charge in [0, 0.05) is 0 Å². The minimum atomic E-state index is 0.167. The maximum absolute atomic E-state index is 10.6. The van der Waals surface area contributed by atoms with Crippen LogP contribution in [0.25, 0.3) is 0 Å². The van der Waals surface area contributed by atoms with Crippen molar-refractivity contribution in [1.29, 1.82) is 0 Å². The van der Waals surface area contributed by atoms with E-state index in [0.717, 1.165) is 5.92 Å². The largest absolute Gasteiger partial charge is 0.854 e. The molecule has 0 unspecified atom stereocenters. The fourth-order valence-corrected chi connectivity index (χ4v) is 2.18. The smallest absolute Gasteiger partial charge is 0.0414 e. The topological polar surface area (TPSA) is 23.1 Å². The molecule has 12 heavy (non-hydrogen) atoms. The first-order valence-electron chi connectivity index (χ1n) is 5.45. The van der Waals surface area contributed by atoms with Crippen molar-refractivity contribution in [1.82, 2.24) is 0 Å². The molecule has 0 aromatic rings. The predicted octanol–water partition coefficient (Wildman–Crippen LogP) is 2.34. The molecule has 1 rings (SSSR count). The van der Waals surface area contributed by atoms with E-state index < -0.39 is 0 Å². The van der Waals surface area contributed by atoms with Gasteiger partial charge in [0.25, 0.3) is 0 Å². The van der Waals surface area contributed by atoms with Crippen LogP contribution in [-0.2, 0) is 0 Å². The Bertz CT molecular complexity index is 104. The maximum atomic E-state index is 10.6. The van der Waals surface area contributed by atoms with Crippen molar-refractivity contribution in [3.05, 3.63) is 0 Å². The summed E-state index contributed by atoms with van der Waals surface area (Å²) in [5.74, 6) is 1.47. The lowest BCUT2D eigenvalue weighted by Gasteiger charge is -2.30. The molecule has 0 aliphatic heterocycles. The molecular weight excluding hydrogens is 148 g/mol. The lowest BCUT2D eigenvalue weighted by molar-refractivity contribution is -0.380. The molecule has 0 amide bonds. The van der Waals surface area contributed by atoms with Crippen molar-refractivity contribution >= 4 is 0 Å². The summed E-state index contributed by atoms with van der Waals surface area (Å²) in [5, 5.41) is 10.6. The first-order valence-corrected chi connectivity index (χ1v) is 5.45. The molecule has 1 aliphatic carbocycles. The van der Waals surface area contributed by atoms with Crippen molar-refractivity contribution in [3.63, 3.8) is 0 Å². The molecule has 1 fully saturated rings. The van der Waals surface area contributed by atoms with Crippen LogP contribution in [0, 0.1) is 11.8 Å². The Morgan fingerprint density at radius 1 is 1.08 bits per heavy atom. The van der Waals surface area contributed by atoms with Crippen LogP contribution in [-0.4, -0.2) is 6.61 Å². The van der Waals surface area contributed by atoms with Crippen LogP contribution in [0.15, 0.2) is 0 Å². The second-order valence-electron chi connectivity index (χ2n) is 4.20. The summed E-state index contributed by atoms with van der Waals surface area (Å²) in [5.41, 5.74) is 0. The van der Waals surface area contributed by atoms with Gasteiger partial charge >= 0.3 is 0 Å². The molecule has 1 aliphatic rings. The van der Waals surface area contributed by atoms with Gasteiger partial charge in [-0.25, -0.2) is 0 Å². The van der Waals surface area contributed by atoms with Gasteiger partial charge in [0.2, 0.25) is 0 Å². The highest BCUT2D eigenvalue weighted by Gasteiger charge is 2.17. The molecule has 0 N–H and O–H groups in total. The first kappa shape index (κ1) is 10.0. The fourth-order valence-electron chi connectivity index (χ4n) is 2.18. The molecule has 0 heterocycles. The second-order valence-corrected chi connectivity index (χ2v) is 4.20. The van der Waals surface area contributed by atoms with Crippen LogP contribution >= 0.6 is 0 Å². The molecule has 0 saturated heterocycles. The zero-order valence-electron chi connectivity index (χ0n) is 8.22. The average molecular weight is 169 g/mol. The number of unbranched alkanes of at least 4 members (excludes halogenated alkanes) is 1. The predicted molar refractivity (Wildman–Crippen MR) is 49.8 cm³/mol. The molecule has 72 valence electrons. The Balaban J connectivity index is 2.09. The van der Waals surface area contributed by atoms with E-state index in [2.05, 4.69) is 6.92 Å². The summed E-state index contributed by atoms with van der Waals surface area (Å²) in [7, 11) is 0. The van der Waals surface area contributed by atoms with Crippen molar-refractivity contribution in [3.8, 4) is 0 Å². The van der Waals surface area contributed by atoms with E-state index in [1.54, 1.807) is 0 Å². The van der Waals surface area contributed by atoms with Gasteiger partial charge in [-0.3, -0.25) is 0 Å². The number of hydrogen-bond donors (Lipinski definition) is 0. The molecule has 0 atom stereocenters. The van der Waals surface area contributed by atoms with Gasteiger partial charge in [0.1, 0.15) is 0 Å². The lowest BCUT2D eigenvalue weighted by atomic mass is 9.80. The van der Waals surface area contributed by atoms with E-state index in [9.17, 15) is 5.11 Å². The van der Waals surface area contributed by atoms with Crippen LogP contribution < -0.4 is 5.11 Å². The molecule has 0 spiro atoms. The van der Waals surface area contributed by atoms with E-state index in [0.29, 0.717) is 5.92 Å². The summed E-state index contributed by atoms with van der Waals surface area (Å²) in [6, 6.07) is 0. The molecule has 1 nitrogen and oxygen atoms in total. The molecular formula is C11H21O-. The first-order chi connectivity index (χ1) is 5.86. The van der Waals surface area contributed by atoms with Crippen molar-refractivity contribution in [2.75, 3.05) is 6.61 Å². The summed E-state index contributed by atoms with van der Waals surface area (Å²) < 4.78 is 0.